The number of hydrogen-bond acceptors (Lipinski definition) is 7. The lowest BCUT2D eigenvalue weighted by molar-refractivity contribution is -0.114. The van der Waals surface area contributed by atoms with E-state index in [1.165, 1.54) is 0 Å². The number of nitrogens with zero attached hydrogens (tertiary/aromatic N) is 3. The van der Waals surface area contributed by atoms with Crippen LogP contribution in [0.1, 0.15) is 48.8 Å². The molecule has 1 aliphatic heterocycles. The molecule has 1 amide bonds. The molecule has 5 N–H and O–H groups in total. The Morgan fingerprint density at radius 2 is 1.97 bits per heavy atom. The Labute approximate surface area is 181 Å². The maximum absolute atomic E-state index is 13.1. The third-order valence-electron chi connectivity index (χ3n) is 5.27. The van der Waals surface area contributed by atoms with Crippen molar-refractivity contribution in [3.63, 3.8) is 0 Å². The summed E-state index contributed by atoms with van der Waals surface area (Å²) in [6.07, 6.45) is 5.99. The lowest BCUT2D eigenvalue weighted by Gasteiger charge is -2.40. The molecule has 8 heteroatoms. The van der Waals surface area contributed by atoms with Crippen molar-refractivity contribution in [2.24, 2.45) is 5.73 Å². The van der Waals surface area contributed by atoms with Gasteiger partial charge in [0.25, 0.3) is 5.91 Å². The lowest BCUT2D eigenvalue weighted by Crippen LogP contribution is -2.42. The Bertz CT molecular complexity index is 1090. The average Bonchev–Trinajstić information content (AvgIpc) is 2.73. The van der Waals surface area contributed by atoms with Gasteiger partial charge in [-0.15, -0.1) is 0 Å². The number of benzene rings is 1. The summed E-state index contributed by atoms with van der Waals surface area (Å²) in [5.41, 5.74) is 14.7. The van der Waals surface area contributed by atoms with Crippen LogP contribution in [0.15, 0.2) is 55.0 Å². The molecule has 1 fully saturated rings. The van der Waals surface area contributed by atoms with Gasteiger partial charge in [0.05, 0.1) is 35.5 Å². The van der Waals surface area contributed by atoms with E-state index in [1.54, 1.807) is 18.6 Å². The SMILES string of the molecule is CC1(C)C[C@@H](N)C[C@H](c2ccncc2NC(=O)c2nc(-c3ccccc3)cnc2N)O1. The lowest BCUT2D eigenvalue weighted by atomic mass is 9.88. The number of nitrogens with one attached hydrogen (secondary N) is 1. The molecule has 4 rings (SSSR count). The van der Waals surface area contributed by atoms with E-state index < -0.39 is 5.91 Å². The minimum absolute atomic E-state index is 0.00883. The third kappa shape index (κ3) is 4.70. The highest BCUT2D eigenvalue weighted by molar-refractivity contribution is 6.06. The molecule has 0 radical (unpaired) electrons. The zero-order valence-electron chi connectivity index (χ0n) is 17.6. The van der Waals surface area contributed by atoms with E-state index in [4.69, 9.17) is 16.2 Å². The smallest absolute Gasteiger partial charge is 0.278 e. The summed E-state index contributed by atoms with van der Waals surface area (Å²) in [4.78, 5) is 25.8. The second kappa shape index (κ2) is 8.41. The number of nitrogen functional groups attached to an aromatic ring is 1. The first-order chi connectivity index (χ1) is 14.8. The van der Waals surface area contributed by atoms with Crippen LogP contribution in [0, 0.1) is 0 Å². The summed E-state index contributed by atoms with van der Waals surface area (Å²) in [6.45, 7) is 4.04. The standard InChI is InChI=1S/C23H26N6O2/c1-23(2)11-15(24)10-19(31-23)16-8-9-26-12-18(16)29-22(30)20-21(25)27-13-17(28-20)14-6-4-3-5-7-14/h3-9,12-13,15,19H,10-11,24H2,1-2H3,(H2,25,27)(H,29,30)/t15-,19+/m0/s1. The zero-order chi connectivity index (χ0) is 22.0. The molecule has 2 atom stereocenters. The molecule has 3 heterocycles. The molecule has 31 heavy (non-hydrogen) atoms. The second-order valence-electron chi connectivity index (χ2n) is 8.34. The van der Waals surface area contributed by atoms with Gasteiger partial charge in [0.2, 0.25) is 0 Å². The van der Waals surface area contributed by atoms with Crippen LogP contribution < -0.4 is 16.8 Å². The van der Waals surface area contributed by atoms with Crippen molar-refractivity contribution in [1.82, 2.24) is 15.0 Å². The van der Waals surface area contributed by atoms with Crippen molar-refractivity contribution in [3.05, 3.63) is 66.2 Å². The molecular formula is C23H26N6O2. The molecule has 1 aromatic carbocycles. The van der Waals surface area contributed by atoms with Gasteiger partial charge >= 0.3 is 0 Å². The molecular weight excluding hydrogens is 392 g/mol. The fourth-order valence-corrected chi connectivity index (χ4v) is 3.95. The monoisotopic (exact) mass is 418 g/mol. The molecule has 3 aromatic rings. The van der Waals surface area contributed by atoms with Crippen molar-refractivity contribution in [2.45, 2.75) is 44.4 Å². The molecule has 0 unspecified atom stereocenters. The van der Waals surface area contributed by atoms with E-state index in [9.17, 15) is 4.79 Å². The maximum Gasteiger partial charge on any atom is 0.278 e. The van der Waals surface area contributed by atoms with Gasteiger partial charge in [0.1, 0.15) is 0 Å². The Morgan fingerprint density at radius 1 is 1.19 bits per heavy atom. The molecule has 8 nitrogen and oxygen atoms in total. The number of amides is 1. The first-order valence-electron chi connectivity index (χ1n) is 10.2. The molecule has 0 spiro atoms. The Morgan fingerprint density at radius 3 is 2.71 bits per heavy atom. The largest absolute Gasteiger partial charge is 0.382 e. The topological polar surface area (TPSA) is 129 Å². The number of carbonyl (C=O) groups is 1. The molecule has 1 saturated heterocycles. The highest BCUT2D eigenvalue weighted by Crippen LogP contribution is 2.38. The summed E-state index contributed by atoms with van der Waals surface area (Å²) in [6, 6.07) is 11.3. The number of aromatic nitrogens is 3. The number of ether oxygens (including phenoxy) is 1. The number of anilines is 2. The Balaban J connectivity index is 1.62. The summed E-state index contributed by atoms with van der Waals surface area (Å²) in [5, 5.41) is 2.88. The number of hydrogen-bond donors (Lipinski definition) is 3. The van der Waals surface area contributed by atoms with Crippen LogP contribution in [-0.4, -0.2) is 32.5 Å². The fraction of sp³-hybridized carbons (Fsp3) is 0.304. The van der Waals surface area contributed by atoms with Crippen LogP contribution in [-0.2, 0) is 4.74 Å². The minimum atomic E-state index is -0.462. The highest BCUT2D eigenvalue weighted by Gasteiger charge is 2.35. The van der Waals surface area contributed by atoms with E-state index in [0.717, 1.165) is 17.5 Å². The average molecular weight is 419 g/mol. The summed E-state index contributed by atoms with van der Waals surface area (Å²) < 4.78 is 6.25. The van der Waals surface area contributed by atoms with Crippen molar-refractivity contribution in [1.29, 1.82) is 0 Å². The fourth-order valence-electron chi connectivity index (χ4n) is 3.95. The van der Waals surface area contributed by atoms with Gasteiger partial charge < -0.3 is 21.5 Å². The summed E-state index contributed by atoms with van der Waals surface area (Å²) in [5.74, 6) is -0.406. The van der Waals surface area contributed by atoms with Gasteiger partial charge in [0, 0.05) is 23.4 Å². The number of carbonyl (C=O) groups excluding carboxylic acids is 1. The number of pyridine rings is 1. The van der Waals surface area contributed by atoms with Gasteiger partial charge in [-0.1, -0.05) is 30.3 Å². The third-order valence-corrected chi connectivity index (χ3v) is 5.27. The van der Waals surface area contributed by atoms with Gasteiger partial charge in [0.15, 0.2) is 11.5 Å². The summed E-state index contributed by atoms with van der Waals surface area (Å²) in [7, 11) is 0. The molecule has 2 aromatic heterocycles. The van der Waals surface area contributed by atoms with Gasteiger partial charge in [-0.2, -0.15) is 0 Å². The van der Waals surface area contributed by atoms with Crippen molar-refractivity contribution < 1.29 is 9.53 Å². The van der Waals surface area contributed by atoms with Crippen molar-refractivity contribution >= 4 is 17.4 Å². The van der Waals surface area contributed by atoms with Crippen LogP contribution in [0.2, 0.25) is 0 Å². The van der Waals surface area contributed by atoms with Crippen LogP contribution in [0.5, 0.6) is 0 Å². The van der Waals surface area contributed by atoms with Crippen LogP contribution in [0.4, 0.5) is 11.5 Å². The molecule has 0 bridgehead atoms. The minimum Gasteiger partial charge on any atom is -0.382 e. The van der Waals surface area contributed by atoms with E-state index in [1.807, 2.05) is 50.2 Å². The normalized spacial score (nSPS) is 20.2. The molecule has 160 valence electrons. The van der Waals surface area contributed by atoms with Crippen LogP contribution in [0.25, 0.3) is 11.3 Å². The Kier molecular flexibility index (Phi) is 5.67. The van der Waals surface area contributed by atoms with E-state index >= 15 is 0 Å². The first kappa shape index (κ1) is 20.9. The zero-order valence-corrected chi connectivity index (χ0v) is 17.6. The highest BCUT2D eigenvalue weighted by atomic mass is 16.5. The maximum atomic E-state index is 13.1. The molecule has 1 aliphatic rings. The van der Waals surface area contributed by atoms with Crippen LogP contribution >= 0.6 is 0 Å². The Hall–Kier alpha value is -3.36. The molecule has 0 saturated carbocycles. The van der Waals surface area contributed by atoms with E-state index in [-0.39, 0.29) is 29.3 Å². The van der Waals surface area contributed by atoms with E-state index in [2.05, 4.69) is 20.3 Å². The number of nitrogens with two attached hydrogens (primary N) is 2. The van der Waals surface area contributed by atoms with Gasteiger partial charge in [-0.05, 0) is 32.8 Å². The predicted molar refractivity (Wildman–Crippen MR) is 119 cm³/mol. The predicted octanol–water partition coefficient (Wildman–Crippen LogP) is 3.33. The second-order valence-corrected chi connectivity index (χ2v) is 8.34. The van der Waals surface area contributed by atoms with Gasteiger partial charge in [-0.3, -0.25) is 9.78 Å². The van der Waals surface area contributed by atoms with E-state index in [0.29, 0.717) is 17.8 Å². The quantitative estimate of drug-likeness (QED) is 0.592. The summed E-state index contributed by atoms with van der Waals surface area (Å²) >= 11 is 0. The van der Waals surface area contributed by atoms with Crippen molar-refractivity contribution in [3.8, 4) is 11.3 Å². The first-order valence-corrected chi connectivity index (χ1v) is 10.2. The van der Waals surface area contributed by atoms with Crippen LogP contribution in [0.3, 0.4) is 0 Å². The number of rotatable bonds is 4. The molecule has 0 aliphatic carbocycles. The van der Waals surface area contributed by atoms with Gasteiger partial charge in [-0.25, -0.2) is 9.97 Å². The van der Waals surface area contributed by atoms with Crippen molar-refractivity contribution in [2.75, 3.05) is 11.1 Å².